The molecule has 0 fully saturated rings. The molecule has 0 atom stereocenters. The van der Waals surface area contributed by atoms with E-state index in [4.69, 9.17) is 17.3 Å². The summed E-state index contributed by atoms with van der Waals surface area (Å²) in [5.41, 5.74) is 3.89. The smallest absolute Gasteiger partial charge is 0.330 e. The molecule has 0 heterocycles. The summed E-state index contributed by atoms with van der Waals surface area (Å²) in [6.07, 6.45) is -4.48. The fourth-order valence-corrected chi connectivity index (χ4v) is 2.80. The van der Waals surface area contributed by atoms with Crippen molar-refractivity contribution in [2.75, 3.05) is 13.1 Å². The van der Waals surface area contributed by atoms with Gasteiger partial charge in [0.1, 0.15) is 0 Å². The Morgan fingerprint density at radius 3 is 2.47 bits per heavy atom. The summed E-state index contributed by atoms with van der Waals surface area (Å²) < 4.78 is 64.0. The van der Waals surface area contributed by atoms with E-state index in [1.165, 1.54) is 0 Å². The fourth-order valence-electron chi connectivity index (χ4n) is 1.34. The number of sulfonamides is 1. The van der Waals surface area contributed by atoms with Gasteiger partial charge < -0.3 is 5.73 Å². The van der Waals surface area contributed by atoms with Crippen LogP contribution in [0.1, 0.15) is 12.0 Å². The normalized spacial score (nSPS) is 12.7. The molecule has 0 saturated carbocycles. The first kappa shape index (κ1) is 16.2. The summed E-state index contributed by atoms with van der Waals surface area (Å²) in [5, 5.41) is -0.187. The molecule has 0 amide bonds. The molecule has 0 aliphatic carbocycles. The van der Waals surface area contributed by atoms with Crippen LogP contribution in [0.25, 0.3) is 0 Å². The summed E-state index contributed by atoms with van der Waals surface area (Å²) in [7, 11) is -4.25. The van der Waals surface area contributed by atoms with Crippen LogP contribution in [0.5, 0.6) is 0 Å². The third-order valence-electron chi connectivity index (χ3n) is 2.21. The Bertz CT molecular complexity index is 546. The number of nitrogens with one attached hydrogen (secondary N) is 1. The zero-order valence-corrected chi connectivity index (χ0v) is 11.2. The topological polar surface area (TPSA) is 72.2 Å². The fraction of sp³-hybridized carbons (Fsp3) is 0.400. The van der Waals surface area contributed by atoms with Crippen molar-refractivity contribution >= 4 is 21.6 Å². The van der Waals surface area contributed by atoms with Crippen LogP contribution in [0.3, 0.4) is 0 Å². The summed E-state index contributed by atoms with van der Waals surface area (Å²) in [5.74, 6) is 0. The molecule has 1 aromatic carbocycles. The van der Waals surface area contributed by atoms with Crippen LogP contribution < -0.4 is 10.5 Å². The Balaban J connectivity index is 3.19. The van der Waals surface area contributed by atoms with Crippen LogP contribution in [-0.4, -0.2) is 21.5 Å². The molecule has 1 aromatic rings. The van der Waals surface area contributed by atoms with E-state index in [-0.39, 0.29) is 18.1 Å². The summed E-state index contributed by atoms with van der Waals surface area (Å²) in [4.78, 5) is -0.846. The van der Waals surface area contributed by atoms with Gasteiger partial charge >= 0.3 is 6.18 Å². The Morgan fingerprint density at radius 1 is 1.32 bits per heavy atom. The minimum Gasteiger partial charge on any atom is -0.330 e. The number of hydrogen-bond acceptors (Lipinski definition) is 3. The number of nitrogens with two attached hydrogens (primary N) is 1. The molecule has 108 valence electrons. The SMILES string of the molecule is NCCCNS(=O)(=O)c1ccc(Cl)cc1C(F)(F)F. The molecular formula is C10H12ClF3N2O2S. The summed E-state index contributed by atoms with van der Waals surface area (Å²) >= 11 is 5.47. The van der Waals surface area contributed by atoms with Crippen LogP contribution in [-0.2, 0) is 16.2 Å². The molecular weight excluding hydrogens is 305 g/mol. The molecule has 0 saturated heterocycles. The molecule has 19 heavy (non-hydrogen) atoms. The zero-order valence-electron chi connectivity index (χ0n) is 9.67. The summed E-state index contributed by atoms with van der Waals surface area (Å²) in [6, 6.07) is 2.50. The number of benzene rings is 1. The highest BCUT2D eigenvalue weighted by molar-refractivity contribution is 7.89. The lowest BCUT2D eigenvalue weighted by atomic mass is 10.2. The van der Waals surface area contributed by atoms with E-state index in [1.807, 2.05) is 0 Å². The van der Waals surface area contributed by atoms with Crippen molar-refractivity contribution in [3.05, 3.63) is 28.8 Å². The van der Waals surface area contributed by atoms with Gasteiger partial charge in [-0.2, -0.15) is 13.2 Å². The van der Waals surface area contributed by atoms with Crippen molar-refractivity contribution in [1.82, 2.24) is 4.72 Å². The molecule has 0 aliphatic heterocycles. The largest absolute Gasteiger partial charge is 0.417 e. The van der Waals surface area contributed by atoms with Crippen LogP contribution in [0.4, 0.5) is 13.2 Å². The predicted molar refractivity (Wildman–Crippen MR) is 65.3 cm³/mol. The lowest BCUT2D eigenvalue weighted by Gasteiger charge is -2.14. The van der Waals surface area contributed by atoms with Gasteiger partial charge in [0.15, 0.2) is 0 Å². The van der Waals surface area contributed by atoms with Gasteiger partial charge in [0, 0.05) is 11.6 Å². The third kappa shape index (κ3) is 4.34. The highest BCUT2D eigenvalue weighted by Gasteiger charge is 2.37. The van der Waals surface area contributed by atoms with Gasteiger partial charge in [0.25, 0.3) is 0 Å². The zero-order chi connectivity index (χ0) is 14.7. The van der Waals surface area contributed by atoms with Gasteiger partial charge in [0.2, 0.25) is 10.0 Å². The maximum absolute atomic E-state index is 12.8. The van der Waals surface area contributed by atoms with Crippen LogP contribution >= 0.6 is 11.6 Å². The van der Waals surface area contributed by atoms with Crippen molar-refractivity contribution in [3.8, 4) is 0 Å². The first-order chi connectivity index (χ1) is 8.68. The van der Waals surface area contributed by atoms with Crippen LogP contribution in [0.2, 0.25) is 5.02 Å². The van der Waals surface area contributed by atoms with Crippen LogP contribution in [0.15, 0.2) is 23.1 Å². The Kier molecular flexibility index (Phi) is 5.19. The standard InChI is InChI=1S/C10H12ClF3N2O2S/c11-7-2-3-9(8(6-7)10(12,13)14)19(17,18)16-5-1-4-15/h2-3,6,16H,1,4-5,15H2. The van der Waals surface area contributed by atoms with Crippen LogP contribution in [0, 0.1) is 0 Å². The van der Waals surface area contributed by atoms with E-state index in [9.17, 15) is 21.6 Å². The van der Waals surface area contributed by atoms with E-state index in [0.717, 1.165) is 12.1 Å². The van der Waals surface area contributed by atoms with E-state index < -0.39 is 26.7 Å². The monoisotopic (exact) mass is 316 g/mol. The van der Waals surface area contributed by atoms with Crippen molar-refractivity contribution in [2.45, 2.75) is 17.5 Å². The average molecular weight is 317 g/mol. The molecule has 0 bridgehead atoms. The first-order valence-corrected chi connectivity index (χ1v) is 7.11. The molecule has 9 heteroatoms. The van der Waals surface area contributed by atoms with Crippen molar-refractivity contribution in [1.29, 1.82) is 0 Å². The van der Waals surface area contributed by atoms with E-state index in [2.05, 4.69) is 4.72 Å². The van der Waals surface area contributed by atoms with Gasteiger partial charge in [-0.15, -0.1) is 0 Å². The maximum atomic E-state index is 12.8. The van der Waals surface area contributed by atoms with Gasteiger partial charge in [-0.1, -0.05) is 11.6 Å². The molecule has 0 spiro atoms. The molecule has 0 aliphatic rings. The minimum atomic E-state index is -4.80. The number of rotatable bonds is 5. The molecule has 4 nitrogen and oxygen atoms in total. The molecule has 0 aromatic heterocycles. The maximum Gasteiger partial charge on any atom is 0.417 e. The molecule has 1 rings (SSSR count). The second kappa shape index (κ2) is 6.08. The van der Waals surface area contributed by atoms with Gasteiger partial charge in [-0.3, -0.25) is 0 Å². The van der Waals surface area contributed by atoms with Gasteiger partial charge in [0.05, 0.1) is 10.5 Å². The number of halogens is 4. The highest BCUT2D eigenvalue weighted by atomic mass is 35.5. The Morgan fingerprint density at radius 2 is 1.95 bits per heavy atom. The predicted octanol–water partition coefficient (Wildman–Crippen LogP) is 1.99. The second-order valence-electron chi connectivity index (χ2n) is 3.68. The average Bonchev–Trinajstić information content (AvgIpc) is 2.27. The molecule has 0 unspecified atom stereocenters. The quantitative estimate of drug-likeness (QED) is 0.816. The van der Waals surface area contributed by atoms with Crippen molar-refractivity contribution in [2.24, 2.45) is 5.73 Å². The van der Waals surface area contributed by atoms with Crippen molar-refractivity contribution in [3.63, 3.8) is 0 Å². The molecule has 3 N–H and O–H groups in total. The van der Waals surface area contributed by atoms with E-state index in [1.54, 1.807) is 0 Å². The van der Waals surface area contributed by atoms with Crippen molar-refractivity contribution < 1.29 is 21.6 Å². The number of hydrogen-bond donors (Lipinski definition) is 2. The van der Waals surface area contributed by atoms with E-state index in [0.29, 0.717) is 12.5 Å². The number of alkyl halides is 3. The lowest BCUT2D eigenvalue weighted by Crippen LogP contribution is -2.28. The lowest BCUT2D eigenvalue weighted by molar-refractivity contribution is -0.139. The third-order valence-corrected chi connectivity index (χ3v) is 3.96. The highest BCUT2D eigenvalue weighted by Crippen LogP contribution is 2.35. The molecule has 0 radical (unpaired) electrons. The van der Waals surface area contributed by atoms with Gasteiger partial charge in [-0.25, -0.2) is 13.1 Å². The van der Waals surface area contributed by atoms with Gasteiger partial charge in [-0.05, 0) is 31.2 Å². The summed E-state index contributed by atoms with van der Waals surface area (Å²) in [6.45, 7) is 0.202. The second-order valence-corrected chi connectivity index (χ2v) is 5.85. The minimum absolute atomic E-state index is 0.0290. The Hall–Kier alpha value is -0.830. The Labute approximate surface area is 113 Å². The first-order valence-electron chi connectivity index (χ1n) is 5.25. The van der Waals surface area contributed by atoms with E-state index >= 15 is 0 Å².